The van der Waals surface area contributed by atoms with Gasteiger partial charge in [0.2, 0.25) is 0 Å². The van der Waals surface area contributed by atoms with E-state index in [1.54, 1.807) is 18.2 Å². The summed E-state index contributed by atoms with van der Waals surface area (Å²) in [6.07, 6.45) is 2.75. The van der Waals surface area contributed by atoms with Gasteiger partial charge in [0.05, 0.1) is 0 Å². The second-order valence-corrected chi connectivity index (χ2v) is 4.97. The summed E-state index contributed by atoms with van der Waals surface area (Å²) in [5, 5.41) is 4.57. The van der Waals surface area contributed by atoms with Crippen LogP contribution < -0.4 is 10.1 Å². The monoisotopic (exact) mass is 259 g/mol. The molecule has 1 aromatic rings. The van der Waals surface area contributed by atoms with Gasteiger partial charge in [0.15, 0.2) is 0 Å². The molecule has 1 N–H and O–H groups in total. The largest absolute Gasteiger partial charge is 0.492 e. The normalized spacial score (nSPS) is 15.1. The lowest BCUT2D eigenvalue weighted by atomic mass is 10.3. The number of halogens is 2. The third-order valence-corrected chi connectivity index (χ3v) is 2.95. The van der Waals surface area contributed by atoms with Crippen LogP contribution in [0.15, 0.2) is 18.2 Å². The molecule has 0 aromatic heterocycles. The highest BCUT2D eigenvalue weighted by Crippen LogP contribution is 2.27. The Morgan fingerprint density at radius 2 is 1.88 bits per heavy atom. The minimum Gasteiger partial charge on any atom is -0.492 e. The van der Waals surface area contributed by atoms with Crippen LogP contribution in [0.1, 0.15) is 12.8 Å². The maximum atomic E-state index is 5.86. The maximum Gasteiger partial charge on any atom is 0.122 e. The van der Waals surface area contributed by atoms with E-state index >= 15 is 0 Å². The van der Waals surface area contributed by atoms with E-state index in [4.69, 9.17) is 27.9 Å². The van der Waals surface area contributed by atoms with Crippen molar-refractivity contribution in [2.45, 2.75) is 12.8 Å². The molecular formula is C12H15Cl2NO. The van der Waals surface area contributed by atoms with Crippen LogP contribution in [-0.2, 0) is 0 Å². The number of ether oxygens (including phenoxy) is 1. The summed E-state index contributed by atoms with van der Waals surface area (Å²) in [6, 6.07) is 5.24. The predicted octanol–water partition coefficient (Wildman–Crippen LogP) is 3.37. The quantitative estimate of drug-likeness (QED) is 0.792. The van der Waals surface area contributed by atoms with E-state index in [2.05, 4.69) is 5.32 Å². The minimum absolute atomic E-state index is 0.605. The molecule has 0 bridgehead atoms. The highest BCUT2D eigenvalue weighted by molar-refractivity contribution is 6.34. The smallest absolute Gasteiger partial charge is 0.122 e. The van der Waals surface area contributed by atoms with Gasteiger partial charge in [0, 0.05) is 16.6 Å². The lowest BCUT2D eigenvalue weighted by molar-refractivity contribution is 0.313. The highest BCUT2D eigenvalue weighted by atomic mass is 35.5. The van der Waals surface area contributed by atoms with Gasteiger partial charge in [-0.2, -0.15) is 0 Å². The fraction of sp³-hybridized carbons (Fsp3) is 0.500. The molecule has 4 heteroatoms. The Hall–Kier alpha value is -0.440. The van der Waals surface area contributed by atoms with Crippen LogP contribution in [0.5, 0.6) is 5.75 Å². The molecule has 0 radical (unpaired) electrons. The topological polar surface area (TPSA) is 21.3 Å². The molecule has 0 heterocycles. The molecule has 0 spiro atoms. The van der Waals surface area contributed by atoms with Crippen LogP contribution in [0.2, 0.25) is 10.0 Å². The Balaban J connectivity index is 1.67. The van der Waals surface area contributed by atoms with Crippen molar-refractivity contribution < 1.29 is 4.74 Å². The second-order valence-electron chi connectivity index (χ2n) is 4.10. The molecule has 0 aliphatic heterocycles. The van der Waals surface area contributed by atoms with Crippen LogP contribution in [-0.4, -0.2) is 19.7 Å². The molecule has 88 valence electrons. The van der Waals surface area contributed by atoms with Gasteiger partial charge in [-0.1, -0.05) is 23.2 Å². The third kappa shape index (κ3) is 4.20. The number of hydrogen-bond donors (Lipinski definition) is 1. The van der Waals surface area contributed by atoms with E-state index in [1.165, 1.54) is 12.8 Å². The molecule has 1 aliphatic rings. The maximum absolute atomic E-state index is 5.86. The number of rotatable bonds is 6. The van der Waals surface area contributed by atoms with Gasteiger partial charge in [-0.15, -0.1) is 0 Å². The summed E-state index contributed by atoms with van der Waals surface area (Å²) in [4.78, 5) is 0. The Labute approximate surface area is 106 Å². The van der Waals surface area contributed by atoms with Crippen molar-refractivity contribution in [2.75, 3.05) is 19.7 Å². The SMILES string of the molecule is Clc1cc(Cl)cc(OCCNCC2CC2)c1. The van der Waals surface area contributed by atoms with Crippen LogP contribution in [0.4, 0.5) is 0 Å². The van der Waals surface area contributed by atoms with Crippen LogP contribution in [0, 0.1) is 5.92 Å². The van der Waals surface area contributed by atoms with Gasteiger partial charge in [0.1, 0.15) is 12.4 Å². The third-order valence-electron chi connectivity index (χ3n) is 2.51. The predicted molar refractivity (Wildman–Crippen MR) is 67.6 cm³/mol. The molecule has 0 atom stereocenters. The zero-order valence-electron chi connectivity index (χ0n) is 9.01. The zero-order chi connectivity index (χ0) is 11.4. The molecule has 1 fully saturated rings. The Morgan fingerprint density at radius 3 is 2.50 bits per heavy atom. The molecule has 1 aliphatic carbocycles. The molecule has 1 saturated carbocycles. The average Bonchev–Trinajstić information content (AvgIpc) is 2.99. The fourth-order valence-electron chi connectivity index (χ4n) is 1.48. The highest BCUT2D eigenvalue weighted by Gasteiger charge is 2.19. The molecule has 16 heavy (non-hydrogen) atoms. The summed E-state index contributed by atoms with van der Waals surface area (Å²) < 4.78 is 5.54. The Bertz CT molecular complexity index is 333. The van der Waals surface area contributed by atoms with Crippen molar-refractivity contribution in [3.8, 4) is 5.75 Å². The van der Waals surface area contributed by atoms with Crippen LogP contribution >= 0.6 is 23.2 Å². The van der Waals surface area contributed by atoms with Crippen LogP contribution in [0.3, 0.4) is 0 Å². The molecular weight excluding hydrogens is 245 g/mol. The van der Waals surface area contributed by atoms with E-state index in [1.807, 2.05) is 0 Å². The summed E-state index contributed by atoms with van der Waals surface area (Å²) in [6.45, 7) is 2.61. The summed E-state index contributed by atoms with van der Waals surface area (Å²) in [5.74, 6) is 1.63. The Morgan fingerprint density at radius 1 is 1.19 bits per heavy atom. The number of benzene rings is 1. The fourth-order valence-corrected chi connectivity index (χ4v) is 1.99. The molecule has 2 nitrogen and oxygen atoms in total. The van der Waals surface area contributed by atoms with Gasteiger partial charge < -0.3 is 10.1 Å². The van der Waals surface area contributed by atoms with Gasteiger partial charge >= 0.3 is 0 Å². The molecule has 0 unspecified atom stereocenters. The van der Waals surface area contributed by atoms with E-state index in [0.717, 1.165) is 24.8 Å². The van der Waals surface area contributed by atoms with E-state index < -0.39 is 0 Å². The van der Waals surface area contributed by atoms with Gasteiger partial charge in [-0.3, -0.25) is 0 Å². The average molecular weight is 260 g/mol. The lowest BCUT2D eigenvalue weighted by Crippen LogP contribution is -2.23. The summed E-state index contributed by atoms with van der Waals surface area (Å²) >= 11 is 11.7. The van der Waals surface area contributed by atoms with Crippen molar-refractivity contribution in [1.82, 2.24) is 5.32 Å². The molecule has 0 amide bonds. The first kappa shape index (κ1) is 12.0. The van der Waals surface area contributed by atoms with Crippen LogP contribution in [0.25, 0.3) is 0 Å². The van der Waals surface area contributed by atoms with E-state index in [0.29, 0.717) is 16.7 Å². The second kappa shape index (κ2) is 5.76. The van der Waals surface area contributed by atoms with Crippen molar-refractivity contribution in [2.24, 2.45) is 5.92 Å². The van der Waals surface area contributed by atoms with Gasteiger partial charge in [-0.25, -0.2) is 0 Å². The van der Waals surface area contributed by atoms with E-state index in [9.17, 15) is 0 Å². The number of nitrogens with one attached hydrogen (secondary N) is 1. The standard InChI is InChI=1S/C12H15Cl2NO/c13-10-5-11(14)7-12(6-10)16-4-3-15-8-9-1-2-9/h5-7,9,15H,1-4,8H2. The lowest BCUT2D eigenvalue weighted by Gasteiger charge is -2.07. The van der Waals surface area contributed by atoms with Gasteiger partial charge in [-0.05, 0) is 43.5 Å². The molecule has 2 rings (SSSR count). The van der Waals surface area contributed by atoms with E-state index in [-0.39, 0.29) is 0 Å². The van der Waals surface area contributed by atoms with Gasteiger partial charge in [0.25, 0.3) is 0 Å². The first-order valence-electron chi connectivity index (χ1n) is 5.53. The minimum atomic E-state index is 0.605. The van der Waals surface area contributed by atoms with Crippen molar-refractivity contribution in [1.29, 1.82) is 0 Å². The van der Waals surface area contributed by atoms with Crippen molar-refractivity contribution in [3.05, 3.63) is 28.2 Å². The van der Waals surface area contributed by atoms with Crippen molar-refractivity contribution in [3.63, 3.8) is 0 Å². The number of hydrogen-bond acceptors (Lipinski definition) is 2. The summed E-state index contributed by atoms with van der Waals surface area (Å²) in [7, 11) is 0. The van der Waals surface area contributed by atoms with Crippen molar-refractivity contribution >= 4 is 23.2 Å². The first-order valence-corrected chi connectivity index (χ1v) is 6.29. The Kier molecular flexibility index (Phi) is 4.33. The first-order chi connectivity index (χ1) is 7.74. The molecule has 1 aromatic carbocycles. The summed E-state index contributed by atoms with van der Waals surface area (Å²) in [5.41, 5.74) is 0. The zero-order valence-corrected chi connectivity index (χ0v) is 10.5. The molecule has 0 saturated heterocycles.